The third-order valence-electron chi connectivity index (χ3n) is 5.05. The van der Waals surface area contributed by atoms with Crippen molar-refractivity contribution < 1.29 is 9.47 Å². The molecule has 0 bridgehead atoms. The Labute approximate surface area is 177 Å². The largest absolute Gasteiger partial charge is 0.497 e. The molecule has 0 aliphatic carbocycles. The van der Waals surface area contributed by atoms with E-state index in [2.05, 4.69) is 53.0 Å². The molecule has 1 saturated heterocycles. The van der Waals surface area contributed by atoms with Gasteiger partial charge in [-0.1, -0.05) is 12.1 Å². The van der Waals surface area contributed by atoms with Crippen LogP contribution in [0, 0.1) is 0 Å². The summed E-state index contributed by atoms with van der Waals surface area (Å²) in [6.07, 6.45) is 0. The average Bonchev–Trinajstić information content (AvgIpc) is 3.25. The highest BCUT2D eigenvalue weighted by molar-refractivity contribution is 7.10. The van der Waals surface area contributed by atoms with E-state index in [1.807, 2.05) is 12.1 Å². The molecule has 2 heterocycles. The number of nitrogens with one attached hydrogen (secondary N) is 2. The lowest BCUT2D eigenvalue weighted by molar-refractivity contribution is 0.0211. The van der Waals surface area contributed by atoms with Crippen LogP contribution in [-0.2, 0) is 11.3 Å². The Bertz CT molecular complexity index is 769. The molecule has 0 radical (unpaired) electrons. The van der Waals surface area contributed by atoms with Gasteiger partial charge in [0, 0.05) is 37.1 Å². The fourth-order valence-electron chi connectivity index (χ4n) is 3.29. The first kappa shape index (κ1) is 21.6. The van der Waals surface area contributed by atoms with E-state index in [1.165, 1.54) is 16.0 Å². The smallest absolute Gasteiger partial charge is 0.191 e. The summed E-state index contributed by atoms with van der Waals surface area (Å²) in [5, 5.41) is 9.02. The Balaban J connectivity index is 1.56. The molecule has 158 valence electrons. The summed E-state index contributed by atoms with van der Waals surface area (Å²) < 4.78 is 10.7. The van der Waals surface area contributed by atoms with Crippen molar-refractivity contribution in [1.82, 2.24) is 15.5 Å². The van der Waals surface area contributed by atoms with Crippen LogP contribution in [0.15, 0.2) is 40.7 Å². The molecule has 0 spiro atoms. The average molecular weight is 417 g/mol. The van der Waals surface area contributed by atoms with Crippen molar-refractivity contribution in [3.63, 3.8) is 0 Å². The van der Waals surface area contributed by atoms with E-state index < -0.39 is 0 Å². The molecule has 29 heavy (non-hydrogen) atoms. The minimum absolute atomic E-state index is 0.450. The Morgan fingerprint density at radius 2 is 1.97 bits per heavy atom. The van der Waals surface area contributed by atoms with Crippen LogP contribution < -0.4 is 15.4 Å². The first-order chi connectivity index (χ1) is 14.2. The van der Waals surface area contributed by atoms with Crippen molar-refractivity contribution in [2.45, 2.75) is 26.4 Å². The molecule has 1 fully saturated rings. The number of aliphatic imine (C=N–C) groups is 1. The summed E-state index contributed by atoms with van der Waals surface area (Å²) >= 11 is 1.75. The van der Waals surface area contributed by atoms with Crippen LogP contribution in [0.5, 0.6) is 5.75 Å². The van der Waals surface area contributed by atoms with Crippen LogP contribution in [-0.4, -0.2) is 63.4 Å². The lowest BCUT2D eigenvalue weighted by atomic mass is 10.1. The van der Waals surface area contributed by atoms with Gasteiger partial charge in [-0.25, -0.2) is 4.99 Å². The summed E-state index contributed by atoms with van der Waals surface area (Å²) in [5.41, 5.74) is 2.42. The summed E-state index contributed by atoms with van der Waals surface area (Å²) in [5.74, 6) is 1.74. The van der Waals surface area contributed by atoms with Crippen LogP contribution in [0.1, 0.15) is 18.7 Å². The minimum Gasteiger partial charge on any atom is -0.497 e. The highest BCUT2D eigenvalue weighted by atomic mass is 32.1. The molecule has 1 aromatic heterocycles. The monoisotopic (exact) mass is 416 g/mol. The predicted molar refractivity (Wildman–Crippen MR) is 121 cm³/mol. The van der Waals surface area contributed by atoms with Crippen molar-refractivity contribution in [1.29, 1.82) is 0 Å². The molecule has 3 rings (SSSR count). The highest BCUT2D eigenvalue weighted by Gasteiger charge is 2.17. The van der Waals surface area contributed by atoms with E-state index in [9.17, 15) is 0 Å². The van der Waals surface area contributed by atoms with Gasteiger partial charge in [0.1, 0.15) is 5.75 Å². The molecule has 1 aliphatic heterocycles. The Morgan fingerprint density at radius 3 is 2.66 bits per heavy atom. The van der Waals surface area contributed by atoms with E-state index in [1.54, 1.807) is 18.4 Å². The second-order valence-electron chi connectivity index (χ2n) is 7.10. The highest BCUT2D eigenvalue weighted by Crippen LogP contribution is 2.27. The number of guanidine groups is 1. The lowest BCUT2D eigenvalue weighted by Gasteiger charge is -2.32. The van der Waals surface area contributed by atoms with Crippen molar-refractivity contribution in [2.24, 2.45) is 4.99 Å². The minimum atomic E-state index is 0.450. The van der Waals surface area contributed by atoms with Gasteiger partial charge >= 0.3 is 0 Å². The molecule has 7 heteroatoms. The van der Waals surface area contributed by atoms with Crippen molar-refractivity contribution in [2.75, 3.05) is 46.5 Å². The second kappa shape index (κ2) is 11.2. The Morgan fingerprint density at radius 1 is 1.21 bits per heavy atom. The van der Waals surface area contributed by atoms with Crippen LogP contribution in [0.25, 0.3) is 11.1 Å². The zero-order valence-corrected chi connectivity index (χ0v) is 18.4. The number of benzene rings is 1. The predicted octanol–water partition coefficient (Wildman–Crippen LogP) is 3.20. The fourth-order valence-corrected chi connectivity index (χ4v) is 4.11. The molecule has 2 aromatic rings. The van der Waals surface area contributed by atoms with Crippen LogP contribution in [0.3, 0.4) is 0 Å². The normalized spacial score (nSPS) is 16.4. The Kier molecular flexibility index (Phi) is 8.34. The summed E-state index contributed by atoms with van der Waals surface area (Å²) in [6.45, 7) is 10.4. The van der Waals surface area contributed by atoms with E-state index in [4.69, 9.17) is 14.5 Å². The number of hydrogen-bond acceptors (Lipinski definition) is 5. The molecule has 1 aliphatic rings. The number of morpholine rings is 1. The third kappa shape index (κ3) is 6.45. The molecule has 0 saturated carbocycles. The van der Waals surface area contributed by atoms with Crippen LogP contribution in [0.4, 0.5) is 0 Å². The molecule has 1 aromatic carbocycles. The molecular weight excluding hydrogens is 384 g/mol. The number of methoxy groups -OCH3 is 1. The molecular formula is C22H32N4O2S. The Hall–Kier alpha value is -2.09. The zero-order valence-electron chi connectivity index (χ0n) is 17.6. The summed E-state index contributed by atoms with van der Waals surface area (Å²) in [4.78, 5) is 8.48. The van der Waals surface area contributed by atoms with Gasteiger partial charge in [-0.05, 0) is 48.6 Å². The summed E-state index contributed by atoms with van der Waals surface area (Å²) in [7, 11) is 1.69. The van der Waals surface area contributed by atoms with E-state index in [0.717, 1.165) is 51.1 Å². The molecule has 6 nitrogen and oxygen atoms in total. The third-order valence-corrected chi connectivity index (χ3v) is 5.97. The second-order valence-corrected chi connectivity index (χ2v) is 8.10. The number of thiophene rings is 1. The molecule has 1 unspecified atom stereocenters. The SMILES string of the molecule is CCNC(=NCc1cc(-c2ccc(OC)cc2)cs1)NCC(C)N1CCOCC1. The van der Waals surface area contributed by atoms with Crippen molar-refractivity contribution in [3.8, 4) is 16.9 Å². The van der Waals surface area contributed by atoms with Gasteiger partial charge in [0.2, 0.25) is 0 Å². The quantitative estimate of drug-likeness (QED) is 0.511. The topological polar surface area (TPSA) is 58.1 Å². The summed E-state index contributed by atoms with van der Waals surface area (Å²) in [6, 6.07) is 10.8. The van der Waals surface area contributed by atoms with Gasteiger partial charge in [0.05, 0.1) is 26.9 Å². The standard InChI is InChI=1S/C22H32N4O2S/c1-4-23-22(24-14-17(2)26-9-11-28-12-10-26)25-15-21-13-19(16-29-21)18-5-7-20(27-3)8-6-18/h5-8,13,16-17H,4,9-12,14-15H2,1-3H3,(H2,23,24,25). The number of nitrogens with zero attached hydrogens (tertiary/aromatic N) is 2. The lowest BCUT2D eigenvalue weighted by Crippen LogP contribution is -2.49. The van der Waals surface area contributed by atoms with Crippen molar-refractivity contribution in [3.05, 3.63) is 40.6 Å². The molecule has 1 atom stereocenters. The maximum absolute atomic E-state index is 5.44. The van der Waals surface area contributed by atoms with E-state index >= 15 is 0 Å². The maximum Gasteiger partial charge on any atom is 0.191 e. The van der Waals surface area contributed by atoms with E-state index in [0.29, 0.717) is 12.6 Å². The number of hydrogen-bond donors (Lipinski definition) is 2. The van der Waals surface area contributed by atoms with Gasteiger partial charge in [0.15, 0.2) is 5.96 Å². The van der Waals surface area contributed by atoms with E-state index in [-0.39, 0.29) is 0 Å². The number of ether oxygens (including phenoxy) is 2. The van der Waals surface area contributed by atoms with Crippen LogP contribution >= 0.6 is 11.3 Å². The van der Waals surface area contributed by atoms with Gasteiger partial charge in [0.25, 0.3) is 0 Å². The molecule has 0 amide bonds. The zero-order chi connectivity index (χ0) is 20.5. The number of rotatable bonds is 8. The van der Waals surface area contributed by atoms with Gasteiger partial charge in [-0.2, -0.15) is 0 Å². The first-order valence-corrected chi connectivity index (χ1v) is 11.1. The van der Waals surface area contributed by atoms with Crippen molar-refractivity contribution >= 4 is 17.3 Å². The maximum atomic E-state index is 5.44. The van der Waals surface area contributed by atoms with Gasteiger partial charge in [-0.15, -0.1) is 11.3 Å². The van der Waals surface area contributed by atoms with Gasteiger partial charge < -0.3 is 20.1 Å². The van der Waals surface area contributed by atoms with Crippen LogP contribution in [0.2, 0.25) is 0 Å². The first-order valence-electron chi connectivity index (χ1n) is 10.3. The van der Waals surface area contributed by atoms with Gasteiger partial charge in [-0.3, -0.25) is 4.90 Å². The molecule has 2 N–H and O–H groups in total. The fraction of sp³-hybridized carbons (Fsp3) is 0.500.